The molecule has 0 spiro atoms. The molecule has 2 aromatic carbocycles. The van der Waals surface area contributed by atoms with E-state index in [1.54, 1.807) is 20.8 Å². The molecule has 3 rings (SSSR count). The molecule has 27 heavy (non-hydrogen) atoms. The van der Waals surface area contributed by atoms with Gasteiger partial charge in [-0.3, -0.25) is 4.79 Å². The van der Waals surface area contributed by atoms with Crippen LogP contribution in [0.5, 0.6) is 0 Å². The van der Waals surface area contributed by atoms with Gasteiger partial charge in [0.2, 0.25) is 5.90 Å². The Bertz CT molecular complexity index is 853. The van der Waals surface area contributed by atoms with E-state index < -0.39 is 23.1 Å². The summed E-state index contributed by atoms with van der Waals surface area (Å²) < 4.78 is 10.9. The number of cyclic esters (lactones) is 1. The van der Waals surface area contributed by atoms with Crippen molar-refractivity contribution in [2.24, 2.45) is 4.99 Å². The molecule has 140 valence electrons. The fraction of sp³-hybridized carbons (Fsp3) is 0.318. The maximum atomic E-state index is 12.8. The number of rotatable bonds is 5. The lowest BCUT2D eigenvalue weighted by Crippen LogP contribution is -2.40. The van der Waals surface area contributed by atoms with Crippen LogP contribution in [-0.2, 0) is 25.5 Å². The van der Waals surface area contributed by atoms with Gasteiger partial charge >= 0.3 is 11.9 Å². The van der Waals surface area contributed by atoms with Crippen LogP contribution in [0.2, 0.25) is 0 Å². The summed E-state index contributed by atoms with van der Waals surface area (Å²) in [5.74, 6) is -0.774. The van der Waals surface area contributed by atoms with Crippen LogP contribution in [0.4, 0.5) is 0 Å². The quantitative estimate of drug-likeness (QED) is 0.758. The zero-order chi connectivity index (χ0) is 19.5. The topological polar surface area (TPSA) is 65.0 Å². The van der Waals surface area contributed by atoms with Gasteiger partial charge in [0.25, 0.3) is 0 Å². The lowest BCUT2D eigenvalue weighted by Gasteiger charge is -2.25. The van der Waals surface area contributed by atoms with Crippen molar-refractivity contribution in [1.29, 1.82) is 0 Å². The Morgan fingerprint density at radius 2 is 1.63 bits per heavy atom. The van der Waals surface area contributed by atoms with Gasteiger partial charge in [-0.05, 0) is 38.5 Å². The number of aliphatic imine (C=N–C) groups is 1. The molecule has 5 heteroatoms. The van der Waals surface area contributed by atoms with E-state index in [1.165, 1.54) is 0 Å². The van der Waals surface area contributed by atoms with Crippen LogP contribution in [0, 0.1) is 0 Å². The maximum absolute atomic E-state index is 12.8. The summed E-state index contributed by atoms with van der Waals surface area (Å²) in [5.41, 5.74) is -0.366. The molecule has 0 saturated heterocycles. The van der Waals surface area contributed by atoms with E-state index in [4.69, 9.17) is 9.47 Å². The first-order valence-electron chi connectivity index (χ1n) is 8.91. The monoisotopic (exact) mass is 365 g/mol. The highest BCUT2D eigenvalue weighted by Gasteiger charge is 2.48. The normalized spacial score (nSPS) is 19.4. The Balaban J connectivity index is 1.95. The molecule has 0 N–H and O–H groups in total. The van der Waals surface area contributed by atoms with E-state index in [0.717, 1.165) is 5.56 Å². The number of ether oxygens (including phenoxy) is 2. The molecule has 0 saturated carbocycles. The average Bonchev–Trinajstić information content (AvgIpc) is 2.91. The minimum absolute atomic E-state index is 0.172. The molecular formula is C22H23NO4. The van der Waals surface area contributed by atoms with Crippen molar-refractivity contribution in [3.8, 4) is 0 Å². The van der Waals surface area contributed by atoms with Crippen molar-refractivity contribution < 1.29 is 19.1 Å². The highest BCUT2D eigenvalue weighted by Crippen LogP contribution is 2.32. The van der Waals surface area contributed by atoms with Crippen molar-refractivity contribution in [3.63, 3.8) is 0 Å². The summed E-state index contributed by atoms with van der Waals surface area (Å²) in [7, 11) is 0. The number of nitrogens with zero attached hydrogens (tertiary/aromatic N) is 1. The molecule has 1 heterocycles. The Morgan fingerprint density at radius 3 is 2.22 bits per heavy atom. The van der Waals surface area contributed by atoms with Crippen molar-refractivity contribution in [2.45, 2.75) is 44.8 Å². The Morgan fingerprint density at radius 1 is 1.04 bits per heavy atom. The summed E-state index contributed by atoms with van der Waals surface area (Å²) in [6.45, 7) is 5.38. The molecule has 0 aliphatic carbocycles. The molecular weight excluding hydrogens is 342 g/mol. The van der Waals surface area contributed by atoms with Gasteiger partial charge in [-0.2, -0.15) is 0 Å². The van der Waals surface area contributed by atoms with Gasteiger partial charge in [-0.1, -0.05) is 48.5 Å². The summed E-state index contributed by atoms with van der Waals surface area (Å²) in [6.07, 6.45) is 0.0938. The predicted octanol–water partition coefficient (Wildman–Crippen LogP) is 3.70. The fourth-order valence-electron chi connectivity index (χ4n) is 2.99. The molecule has 0 amide bonds. The third-order valence-electron chi connectivity index (χ3n) is 4.10. The van der Waals surface area contributed by atoms with E-state index in [0.29, 0.717) is 5.56 Å². The summed E-state index contributed by atoms with van der Waals surface area (Å²) >= 11 is 0. The van der Waals surface area contributed by atoms with E-state index in [-0.39, 0.29) is 18.7 Å². The second kappa shape index (κ2) is 7.35. The molecule has 0 fully saturated rings. The minimum Gasteiger partial charge on any atom is -0.460 e. The van der Waals surface area contributed by atoms with E-state index in [9.17, 15) is 9.59 Å². The molecule has 0 radical (unpaired) electrons. The number of benzene rings is 2. The first-order valence-corrected chi connectivity index (χ1v) is 8.91. The predicted molar refractivity (Wildman–Crippen MR) is 102 cm³/mol. The summed E-state index contributed by atoms with van der Waals surface area (Å²) in [6, 6.07) is 18.7. The van der Waals surface area contributed by atoms with Crippen LogP contribution in [0.3, 0.4) is 0 Å². The van der Waals surface area contributed by atoms with Gasteiger partial charge in [0.1, 0.15) is 5.60 Å². The van der Waals surface area contributed by atoms with Crippen LogP contribution in [0.1, 0.15) is 38.3 Å². The Kier molecular flexibility index (Phi) is 5.13. The van der Waals surface area contributed by atoms with Crippen LogP contribution in [-0.4, -0.2) is 29.0 Å². The Labute approximate surface area is 159 Å². The van der Waals surface area contributed by atoms with Crippen LogP contribution in [0.25, 0.3) is 0 Å². The molecule has 1 unspecified atom stereocenters. The average molecular weight is 365 g/mol. The standard InChI is InChI=1S/C22H23NO4/c1-21(2,3)27-18(24)15-22(14-16-10-6-4-7-11-16)20(25)26-19(23-22)17-12-8-5-9-13-17/h4-13H,14-15H2,1-3H3. The SMILES string of the molecule is CC(C)(C)OC(=O)CC1(Cc2ccccc2)N=C(c2ccccc2)OC1=O. The van der Waals surface area contributed by atoms with E-state index in [1.807, 2.05) is 60.7 Å². The van der Waals surface area contributed by atoms with Crippen molar-refractivity contribution in [3.05, 3.63) is 71.8 Å². The second-order valence-corrected chi connectivity index (χ2v) is 7.63. The van der Waals surface area contributed by atoms with Crippen molar-refractivity contribution in [1.82, 2.24) is 0 Å². The zero-order valence-electron chi connectivity index (χ0n) is 15.8. The highest BCUT2D eigenvalue weighted by molar-refractivity contribution is 6.09. The van der Waals surface area contributed by atoms with Crippen molar-refractivity contribution >= 4 is 17.8 Å². The molecule has 1 aliphatic rings. The number of hydrogen-bond acceptors (Lipinski definition) is 5. The fourth-order valence-corrected chi connectivity index (χ4v) is 2.99. The van der Waals surface area contributed by atoms with Gasteiger partial charge in [0.05, 0.1) is 6.42 Å². The van der Waals surface area contributed by atoms with Crippen molar-refractivity contribution in [2.75, 3.05) is 0 Å². The second-order valence-electron chi connectivity index (χ2n) is 7.63. The lowest BCUT2D eigenvalue weighted by atomic mass is 9.88. The smallest absolute Gasteiger partial charge is 0.341 e. The number of carbonyl (C=O) groups is 2. The first-order chi connectivity index (χ1) is 12.8. The summed E-state index contributed by atoms with van der Waals surface area (Å²) in [4.78, 5) is 29.9. The highest BCUT2D eigenvalue weighted by atomic mass is 16.6. The van der Waals surface area contributed by atoms with Crippen LogP contribution in [0.15, 0.2) is 65.7 Å². The maximum Gasteiger partial charge on any atom is 0.341 e. The molecule has 1 atom stereocenters. The van der Waals surface area contributed by atoms with E-state index in [2.05, 4.69) is 4.99 Å². The van der Waals surface area contributed by atoms with Crippen LogP contribution >= 0.6 is 0 Å². The van der Waals surface area contributed by atoms with Gasteiger partial charge in [0.15, 0.2) is 5.54 Å². The Hall–Kier alpha value is -2.95. The largest absolute Gasteiger partial charge is 0.460 e. The number of esters is 2. The molecule has 5 nitrogen and oxygen atoms in total. The third kappa shape index (κ3) is 4.61. The molecule has 0 bridgehead atoms. The van der Waals surface area contributed by atoms with Gasteiger partial charge in [-0.15, -0.1) is 0 Å². The number of carbonyl (C=O) groups excluding carboxylic acids is 2. The van der Waals surface area contributed by atoms with Gasteiger partial charge < -0.3 is 9.47 Å². The first kappa shape index (κ1) is 18.8. The van der Waals surface area contributed by atoms with Gasteiger partial charge in [-0.25, -0.2) is 9.79 Å². The number of hydrogen-bond donors (Lipinski definition) is 0. The van der Waals surface area contributed by atoms with Crippen LogP contribution < -0.4 is 0 Å². The lowest BCUT2D eigenvalue weighted by molar-refractivity contribution is -0.159. The van der Waals surface area contributed by atoms with Gasteiger partial charge in [0, 0.05) is 12.0 Å². The third-order valence-corrected chi connectivity index (χ3v) is 4.10. The molecule has 0 aromatic heterocycles. The zero-order valence-corrected chi connectivity index (χ0v) is 15.8. The molecule has 1 aliphatic heterocycles. The van der Waals surface area contributed by atoms with E-state index >= 15 is 0 Å². The summed E-state index contributed by atoms with van der Waals surface area (Å²) in [5, 5.41) is 0. The minimum atomic E-state index is -1.32. The molecule has 2 aromatic rings.